The van der Waals surface area contributed by atoms with Crippen LogP contribution in [0, 0.1) is 52.8 Å². The van der Waals surface area contributed by atoms with E-state index in [1.165, 1.54) is 13.8 Å². The maximum Gasteiger partial charge on any atom is 0.448 e. The van der Waals surface area contributed by atoms with Crippen molar-refractivity contribution in [3.05, 3.63) is 22.7 Å². The number of amides is 2. The Bertz CT molecular complexity index is 1330. The fourth-order valence-corrected chi connectivity index (χ4v) is 9.39. The summed E-state index contributed by atoms with van der Waals surface area (Å²) in [5.74, 6) is -6.22. The molecule has 14 heteroatoms. The summed E-state index contributed by atoms with van der Waals surface area (Å²) in [5.41, 5.74) is -2.13. The van der Waals surface area contributed by atoms with Crippen molar-refractivity contribution in [3.63, 3.8) is 0 Å². The van der Waals surface area contributed by atoms with Crippen molar-refractivity contribution < 1.29 is 55.6 Å². The Labute approximate surface area is 303 Å². The third-order valence-electron chi connectivity index (χ3n) is 12.6. The molecule has 0 aromatic heterocycles. The Morgan fingerprint density at radius 1 is 0.615 bits per heavy atom. The molecule has 0 bridgehead atoms. The maximum atomic E-state index is 14.0. The first kappa shape index (κ1) is 42.3. The highest BCUT2D eigenvalue weighted by molar-refractivity contribution is 5.88. The molecule has 10 atom stereocenters. The van der Waals surface area contributed by atoms with E-state index in [4.69, 9.17) is 9.47 Å². The topological polar surface area (TPSA) is 117 Å². The van der Waals surface area contributed by atoms with Gasteiger partial charge in [0.1, 0.15) is 0 Å². The highest BCUT2D eigenvalue weighted by Crippen LogP contribution is 2.49. The lowest BCUT2D eigenvalue weighted by Gasteiger charge is -2.42. The summed E-state index contributed by atoms with van der Waals surface area (Å²) in [4.78, 5) is 26.7. The van der Waals surface area contributed by atoms with Crippen LogP contribution < -0.4 is 10.6 Å². The van der Waals surface area contributed by atoms with Gasteiger partial charge in [-0.25, -0.2) is 0 Å². The average molecular weight is 753 g/mol. The largest absolute Gasteiger partial charge is 0.504 e. The van der Waals surface area contributed by atoms with Gasteiger partial charge in [-0.05, 0) is 124 Å². The molecule has 0 aromatic carbocycles. The maximum absolute atomic E-state index is 14.0. The minimum atomic E-state index is -5.04. The number of carbonyl (C=O) groups excluding carboxylic acids is 2. The van der Waals surface area contributed by atoms with Crippen molar-refractivity contribution in [1.82, 2.24) is 10.6 Å². The number of hydrogen-bond acceptors (Lipinski definition) is 6. The van der Waals surface area contributed by atoms with Crippen molar-refractivity contribution in [2.75, 3.05) is 26.3 Å². The molecule has 4 N–H and O–H groups in total. The molecule has 2 aliphatic heterocycles. The van der Waals surface area contributed by atoms with E-state index in [1.54, 1.807) is 0 Å². The van der Waals surface area contributed by atoms with Crippen molar-refractivity contribution in [3.8, 4) is 0 Å². The third kappa shape index (κ3) is 10.2. The van der Waals surface area contributed by atoms with E-state index < -0.39 is 72.4 Å². The van der Waals surface area contributed by atoms with E-state index in [1.807, 2.05) is 13.8 Å². The summed E-state index contributed by atoms with van der Waals surface area (Å²) >= 11 is 0. The number of allylic oxidation sites excluding steroid dienone is 2. The molecule has 2 saturated carbocycles. The van der Waals surface area contributed by atoms with Gasteiger partial charge < -0.3 is 30.3 Å². The molecule has 0 spiro atoms. The van der Waals surface area contributed by atoms with Crippen LogP contribution in [0.5, 0.6) is 0 Å². The van der Waals surface area contributed by atoms with Gasteiger partial charge in [-0.15, -0.1) is 0 Å². The number of hydrogen-bond donors (Lipinski definition) is 4. The molecule has 298 valence electrons. The zero-order valence-electron chi connectivity index (χ0n) is 31.3. The quantitative estimate of drug-likeness (QED) is 0.139. The second-order valence-electron chi connectivity index (χ2n) is 16.7. The lowest BCUT2D eigenvalue weighted by Crippen LogP contribution is -2.45. The van der Waals surface area contributed by atoms with Gasteiger partial charge in [-0.3, -0.25) is 9.59 Å². The number of aliphatic hydroxyl groups excluding tert-OH is 2. The summed E-state index contributed by atoms with van der Waals surface area (Å²) in [6, 6.07) is 0. The summed E-state index contributed by atoms with van der Waals surface area (Å²) in [6.07, 6.45) is -5.48. The monoisotopic (exact) mass is 752 g/mol. The lowest BCUT2D eigenvalue weighted by molar-refractivity contribution is -0.135. The number of halogens is 6. The van der Waals surface area contributed by atoms with Crippen LogP contribution in [0.15, 0.2) is 22.7 Å². The number of ether oxygens (including phenoxy) is 2. The minimum absolute atomic E-state index is 0.0444. The minimum Gasteiger partial charge on any atom is -0.504 e. The van der Waals surface area contributed by atoms with Crippen LogP contribution in [-0.2, 0) is 19.1 Å². The second kappa shape index (κ2) is 16.9. The van der Waals surface area contributed by atoms with E-state index in [9.17, 15) is 46.1 Å². The first-order valence-corrected chi connectivity index (χ1v) is 18.9. The smallest absolute Gasteiger partial charge is 0.448 e. The lowest BCUT2D eigenvalue weighted by atomic mass is 9.63. The van der Waals surface area contributed by atoms with Crippen molar-refractivity contribution >= 4 is 11.8 Å². The number of carbonyl (C=O) groups is 2. The molecule has 4 unspecified atom stereocenters. The van der Waals surface area contributed by atoms with Gasteiger partial charge >= 0.3 is 12.4 Å². The fraction of sp³-hybridized carbons (Fsp3) is 0.842. The van der Waals surface area contributed by atoms with Gasteiger partial charge in [-0.2, -0.15) is 26.3 Å². The molecule has 0 aromatic rings. The fourth-order valence-electron chi connectivity index (χ4n) is 9.39. The van der Waals surface area contributed by atoms with Gasteiger partial charge in [0, 0.05) is 19.5 Å². The van der Waals surface area contributed by atoms with Gasteiger partial charge in [0.25, 0.3) is 0 Å². The molecule has 8 nitrogen and oxygen atoms in total. The van der Waals surface area contributed by atoms with Crippen molar-refractivity contribution in [2.24, 2.45) is 52.8 Å². The van der Waals surface area contributed by atoms with E-state index in [-0.39, 0.29) is 72.1 Å². The molecule has 2 amide bonds. The van der Waals surface area contributed by atoms with E-state index >= 15 is 0 Å². The van der Waals surface area contributed by atoms with Crippen LogP contribution in [0.1, 0.15) is 99.3 Å². The SMILES string of the molecule is C[C@@H]1CCC(/C(CNC(=O)C(C)(C)CC(=O)NC/C(=C(/O)C(F)(F)F)[C@@H]2CC[C@@H](C)[C@@H]3CC[C@H](C)OCC32)=C(\O)C(F)(F)F)C2CO[C@@H](C)CCC21. The van der Waals surface area contributed by atoms with Crippen LogP contribution >= 0.6 is 0 Å². The number of rotatable bonds is 9. The third-order valence-corrected chi connectivity index (χ3v) is 12.6. The Hall–Kier alpha value is -2.48. The predicted octanol–water partition coefficient (Wildman–Crippen LogP) is 8.34. The highest BCUT2D eigenvalue weighted by atomic mass is 19.4. The summed E-state index contributed by atoms with van der Waals surface area (Å²) in [7, 11) is 0. The molecule has 2 heterocycles. The van der Waals surface area contributed by atoms with E-state index in [2.05, 4.69) is 24.5 Å². The van der Waals surface area contributed by atoms with Crippen LogP contribution in [0.2, 0.25) is 0 Å². The Morgan fingerprint density at radius 3 is 1.42 bits per heavy atom. The van der Waals surface area contributed by atoms with Gasteiger partial charge in [0.15, 0.2) is 11.5 Å². The molecule has 0 radical (unpaired) electrons. The van der Waals surface area contributed by atoms with E-state index in [0.29, 0.717) is 25.7 Å². The molecule has 52 heavy (non-hydrogen) atoms. The molecule has 2 saturated heterocycles. The van der Waals surface area contributed by atoms with Crippen LogP contribution in [-0.4, -0.2) is 72.9 Å². The van der Waals surface area contributed by atoms with E-state index in [0.717, 1.165) is 25.7 Å². The van der Waals surface area contributed by atoms with Crippen LogP contribution in [0.4, 0.5) is 26.3 Å². The van der Waals surface area contributed by atoms with Gasteiger partial charge in [-0.1, -0.05) is 27.7 Å². The number of aliphatic hydroxyl groups is 2. The number of fused-ring (bicyclic) bond motifs is 2. The van der Waals surface area contributed by atoms with Crippen LogP contribution in [0.3, 0.4) is 0 Å². The number of nitrogens with one attached hydrogen (secondary N) is 2. The normalized spacial score (nSPS) is 34.4. The standard InChI is InChI=1S/C38H58F6N2O6/c1-20-7-11-26(30-18-51-22(3)9-13-24(20)30)28(33(48)37(39,40)41)16-45-32(47)15-36(5,6)35(50)46-17-29(34(49)38(42,43)44)27-12-8-21(2)25-14-10-23(4)52-19-31(25)27/h20-27,30-31,48-49H,7-19H2,1-6H3,(H,45,47)(H,46,50)/b33-28-,34-29-/t20-,21-,22+,23+,24+,25?,26+,27?,30?,31?/m1/s1. The second-order valence-corrected chi connectivity index (χ2v) is 16.7. The van der Waals surface area contributed by atoms with Crippen molar-refractivity contribution in [2.45, 2.75) is 124 Å². The zero-order chi connectivity index (χ0) is 38.8. The summed E-state index contributed by atoms with van der Waals surface area (Å²) < 4.78 is 95.7. The van der Waals surface area contributed by atoms with Gasteiger partial charge in [0.2, 0.25) is 11.8 Å². The molecule has 4 aliphatic rings. The first-order chi connectivity index (χ1) is 24.1. The molecular formula is C38H58F6N2O6. The molecule has 4 rings (SSSR count). The Morgan fingerprint density at radius 2 is 1.02 bits per heavy atom. The predicted molar refractivity (Wildman–Crippen MR) is 183 cm³/mol. The number of alkyl halides is 6. The molecule has 4 fully saturated rings. The summed E-state index contributed by atoms with van der Waals surface area (Å²) in [6.45, 7) is 10.1. The van der Waals surface area contributed by atoms with Crippen LogP contribution in [0.25, 0.3) is 0 Å². The van der Waals surface area contributed by atoms with Gasteiger partial charge in [0.05, 0.1) is 30.8 Å². The summed E-state index contributed by atoms with van der Waals surface area (Å²) in [5, 5.41) is 25.9. The Balaban J connectivity index is 1.47. The molecular weight excluding hydrogens is 694 g/mol. The highest BCUT2D eigenvalue weighted by Gasteiger charge is 2.47. The average Bonchev–Trinajstić information content (AvgIpc) is 3.38. The van der Waals surface area contributed by atoms with Crippen molar-refractivity contribution in [1.29, 1.82) is 0 Å². The molecule has 2 aliphatic carbocycles. The zero-order valence-corrected chi connectivity index (χ0v) is 31.3. The Kier molecular flexibility index (Phi) is 13.7. The first-order valence-electron chi connectivity index (χ1n) is 18.9.